The number of hydrogen-bond acceptors (Lipinski definition) is 5. The Bertz CT molecular complexity index is 711. The molecule has 1 fully saturated rings. The number of nitrogens with one attached hydrogen (secondary N) is 1. The van der Waals surface area contributed by atoms with Crippen LogP contribution in [-0.2, 0) is 11.8 Å². The van der Waals surface area contributed by atoms with Gasteiger partial charge in [-0.1, -0.05) is 0 Å². The van der Waals surface area contributed by atoms with E-state index in [9.17, 15) is 4.79 Å². The van der Waals surface area contributed by atoms with Crippen LogP contribution >= 0.6 is 0 Å². The standard InChI is InChI=1S/C17H22N4O3/c1-20-11-15(17(19-20)24-3)16(22)18-12-4-6-13(7-5-12)21-9-8-14(10-21)23-2/h4-7,11,14H,8-10H2,1-3H3,(H,18,22). The number of benzene rings is 1. The van der Waals surface area contributed by atoms with Crippen molar-refractivity contribution in [3.05, 3.63) is 36.0 Å². The maximum Gasteiger partial charge on any atom is 0.262 e. The minimum Gasteiger partial charge on any atom is -0.479 e. The summed E-state index contributed by atoms with van der Waals surface area (Å²) in [7, 11) is 4.99. The monoisotopic (exact) mass is 330 g/mol. The van der Waals surface area contributed by atoms with Crippen molar-refractivity contribution in [1.82, 2.24) is 9.78 Å². The van der Waals surface area contributed by atoms with Gasteiger partial charge in [-0.3, -0.25) is 9.48 Å². The number of methoxy groups -OCH3 is 2. The van der Waals surface area contributed by atoms with Crippen molar-refractivity contribution in [3.63, 3.8) is 0 Å². The molecular formula is C17H22N4O3. The van der Waals surface area contributed by atoms with Crippen LogP contribution in [0.5, 0.6) is 5.88 Å². The van der Waals surface area contributed by atoms with E-state index in [1.165, 1.54) is 7.11 Å². The van der Waals surface area contributed by atoms with Gasteiger partial charge in [0.2, 0.25) is 5.88 Å². The molecule has 2 heterocycles. The van der Waals surface area contributed by atoms with Crippen molar-refractivity contribution in [2.75, 3.05) is 37.5 Å². The lowest BCUT2D eigenvalue weighted by Crippen LogP contribution is -2.22. The maximum absolute atomic E-state index is 12.4. The Kier molecular flexibility index (Phi) is 4.71. The van der Waals surface area contributed by atoms with E-state index in [2.05, 4.69) is 15.3 Å². The molecule has 1 amide bonds. The minimum absolute atomic E-state index is 0.242. The van der Waals surface area contributed by atoms with Gasteiger partial charge in [0.25, 0.3) is 5.91 Å². The third-order valence-electron chi connectivity index (χ3n) is 4.20. The highest BCUT2D eigenvalue weighted by molar-refractivity contribution is 6.05. The van der Waals surface area contributed by atoms with Gasteiger partial charge in [-0.25, -0.2) is 0 Å². The van der Waals surface area contributed by atoms with Crippen LogP contribution in [0.1, 0.15) is 16.8 Å². The second kappa shape index (κ2) is 6.92. The van der Waals surface area contributed by atoms with Gasteiger partial charge in [0.15, 0.2) is 0 Å². The van der Waals surface area contributed by atoms with Crippen LogP contribution in [0.15, 0.2) is 30.5 Å². The number of aryl methyl sites for hydroxylation is 1. The van der Waals surface area contributed by atoms with Gasteiger partial charge >= 0.3 is 0 Å². The fraction of sp³-hybridized carbons (Fsp3) is 0.412. The van der Waals surface area contributed by atoms with Crippen molar-refractivity contribution in [1.29, 1.82) is 0 Å². The Labute approximate surface area is 141 Å². The number of carbonyl (C=O) groups excluding carboxylic acids is 1. The Morgan fingerprint density at radius 1 is 1.29 bits per heavy atom. The first-order valence-corrected chi connectivity index (χ1v) is 7.87. The lowest BCUT2D eigenvalue weighted by Gasteiger charge is -2.18. The normalized spacial score (nSPS) is 17.1. The van der Waals surface area contributed by atoms with Gasteiger partial charge in [-0.05, 0) is 30.7 Å². The first kappa shape index (κ1) is 16.3. The van der Waals surface area contributed by atoms with Gasteiger partial charge in [-0.15, -0.1) is 5.10 Å². The highest BCUT2D eigenvalue weighted by Crippen LogP contribution is 2.24. The van der Waals surface area contributed by atoms with Crippen LogP contribution in [0, 0.1) is 0 Å². The summed E-state index contributed by atoms with van der Waals surface area (Å²) in [5.41, 5.74) is 2.27. The molecule has 2 aromatic rings. The van der Waals surface area contributed by atoms with Crippen molar-refractivity contribution >= 4 is 17.3 Å². The second-order valence-corrected chi connectivity index (χ2v) is 5.82. The van der Waals surface area contributed by atoms with E-state index in [-0.39, 0.29) is 5.91 Å². The smallest absolute Gasteiger partial charge is 0.262 e. The average molecular weight is 330 g/mol. The van der Waals surface area contributed by atoms with Crippen molar-refractivity contribution in [2.24, 2.45) is 7.05 Å². The number of hydrogen-bond donors (Lipinski definition) is 1. The minimum atomic E-state index is -0.242. The quantitative estimate of drug-likeness (QED) is 0.907. The predicted molar refractivity (Wildman–Crippen MR) is 91.8 cm³/mol. The molecule has 128 valence electrons. The fourth-order valence-electron chi connectivity index (χ4n) is 2.88. The molecule has 1 N–H and O–H groups in total. The van der Waals surface area contributed by atoms with Gasteiger partial charge in [0.1, 0.15) is 5.56 Å². The maximum atomic E-state index is 12.4. The molecule has 0 saturated carbocycles. The summed E-state index contributed by atoms with van der Waals surface area (Å²) in [6, 6.07) is 7.81. The molecule has 1 aromatic heterocycles. The SMILES string of the molecule is COc1nn(C)cc1C(=O)Nc1ccc(N2CCC(OC)C2)cc1. The van der Waals surface area contributed by atoms with Gasteiger partial charge in [0, 0.05) is 44.8 Å². The summed E-state index contributed by atoms with van der Waals surface area (Å²) >= 11 is 0. The molecule has 0 aliphatic carbocycles. The number of carbonyl (C=O) groups is 1. The second-order valence-electron chi connectivity index (χ2n) is 5.82. The molecule has 1 aliphatic rings. The Morgan fingerprint density at radius 2 is 2.04 bits per heavy atom. The van der Waals surface area contributed by atoms with E-state index in [0.29, 0.717) is 17.5 Å². The van der Waals surface area contributed by atoms with E-state index in [1.807, 2.05) is 24.3 Å². The number of rotatable bonds is 5. The van der Waals surface area contributed by atoms with Gasteiger partial charge in [-0.2, -0.15) is 0 Å². The summed E-state index contributed by atoms with van der Waals surface area (Å²) in [6.07, 6.45) is 2.97. The topological polar surface area (TPSA) is 68.6 Å². The highest BCUT2D eigenvalue weighted by Gasteiger charge is 2.22. The Balaban J connectivity index is 1.67. The number of amides is 1. The summed E-state index contributed by atoms with van der Waals surface area (Å²) < 4.78 is 12.1. The highest BCUT2D eigenvalue weighted by atomic mass is 16.5. The largest absolute Gasteiger partial charge is 0.479 e. The molecule has 3 rings (SSSR count). The first-order valence-electron chi connectivity index (χ1n) is 7.87. The molecule has 1 unspecified atom stereocenters. The Hall–Kier alpha value is -2.54. The van der Waals surface area contributed by atoms with E-state index < -0.39 is 0 Å². The van der Waals surface area contributed by atoms with Crippen molar-refractivity contribution in [3.8, 4) is 5.88 Å². The molecule has 24 heavy (non-hydrogen) atoms. The summed E-state index contributed by atoms with van der Waals surface area (Å²) in [5.74, 6) is 0.0719. The van der Waals surface area contributed by atoms with Crippen LogP contribution in [-0.4, -0.2) is 49.1 Å². The first-order chi connectivity index (χ1) is 11.6. The zero-order valence-electron chi connectivity index (χ0n) is 14.2. The molecule has 7 nitrogen and oxygen atoms in total. The lowest BCUT2D eigenvalue weighted by atomic mass is 10.2. The third-order valence-corrected chi connectivity index (χ3v) is 4.20. The molecule has 1 atom stereocenters. The lowest BCUT2D eigenvalue weighted by molar-refractivity contribution is 0.102. The summed E-state index contributed by atoms with van der Waals surface area (Å²) in [6.45, 7) is 1.88. The van der Waals surface area contributed by atoms with E-state index >= 15 is 0 Å². The number of nitrogens with zero attached hydrogens (tertiary/aromatic N) is 3. The zero-order valence-corrected chi connectivity index (χ0v) is 14.2. The van der Waals surface area contributed by atoms with Crippen LogP contribution < -0.4 is 15.0 Å². The van der Waals surface area contributed by atoms with Crippen LogP contribution in [0.25, 0.3) is 0 Å². The molecule has 1 saturated heterocycles. The van der Waals surface area contributed by atoms with Crippen LogP contribution in [0.2, 0.25) is 0 Å². The molecule has 1 aromatic carbocycles. The van der Waals surface area contributed by atoms with Crippen molar-refractivity contribution < 1.29 is 14.3 Å². The molecular weight excluding hydrogens is 308 g/mol. The number of aromatic nitrogens is 2. The molecule has 0 bridgehead atoms. The average Bonchev–Trinajstić information content (AvgIpc) is 3.21. The fourth-order valence-corrected chi connectivity index (χ4v) is 2.88. The summed E-state index contributed by atoms with van der Waals surface area (Å²) in [4.78, 5) is 14.6. The van der Waals surface area contributed by atoms with Crippen LogP contribution in [0.3, 0.4) is 0 Å². The molecule has 0 spiro atoms. The number of anilines is 2. The molecule has 7 heteroatoms. The molecule has 1 aliphatic heterocycles. The van der Waals surface area contributed by atoms with Gasteiger partial charge < -0.3 is 19.7 Å². The summed E-state index contributed by atoms with van der Waals surface area (Å²) in [5, 5.41) is 6.96. The van der Waals surface area contributed by atoms with Gasteiger partial charge in [0.05, 0.1) is 13.2 Å². The number of ether oxygens (including phenoxy) is 2. The zero-order chi connectivity index (χ0) is 17.1. The third kappa shape index (κ3) is 3.35. The van der Waals surface area contributed by atoms with Crippen LogP contribution in [0.4, 0.5) is 11.4 Å². The van der Waals surface area contributed by atoms with E-state index in [4.69, 9.17) is 9.47 Å². The molecule has 0 radical (unpaired) electrons. The van der Waals surface area contributed by atoms with E-state index in [1.54, 1.807) is 25.0 Å². The Morgan fingerprint density at radius 3 is 2.67 bits per heavy atom. The van der Waals surface area contributed by atoms with Crippen molar-refractivity contribution in [2.45, 2.75) is 12.5 Å². The van der Waals surface area contributed by atoms with E-state index in [0.717, 1.165) is 30.9 Å². The predicted octanol–water partition coefficient (Wildman–Crippen LogP) is 1.91.